The molecule has 0 aliphatic heterocycles. The van der Waals surface area contributed by atoms with E-state index in [0.717, 1.165) is 26.9 Å². The van der Waals surface area contributed by atoms with Gasteiger partial charge in [0, 0.05) is 18.7 Å². The maximum Gasteiger partial charge on any atom is 0.260 e. The van der Waals surface area contributed by atoms with Crippen molar-refractivity contribution in [3.05, 3.63) is 113 Å². The second-order valence-electron chi connectivity index (χ2n) is 9.29. The molecular formula is C30H29N3O4S2. The third kappa shape index (κ3) is 5.52. The maximum absolute atomic E-state index is 13.8. The number of aromatic nitrogens is 1. The molecule has 2 aromatic heterocycles. The molecule has 0 saturated heterocycles. The zero-order valence-corrected chi connectivity index (χ0v) is 23.6. The molecule has 0 aliphatic carbocycles. The number of rotatable bonds is 9. The fourth-order valence-corrected chi connectivity index (χ4v) is 6.92. The quantitative estimate of drug-likeness (QED) is 0.204. The number of hydrogen-bond acceptors (Lipinski definition) is 6. The van der Waals surface area contributed by atoms with Crippen molar-refractivity contribution in [2.75, 3.05) is 11.4 Å². The molecule has 9 heteroatoms. The van der Waals surface area contributed by atoms with Crippen LogP contribution in [0.25, 0.3) is 10.2 Å². The Hall–Kier alpha value is -3.79. The third-order valence-corrected chi connectivity index (χ3v) is 9.74. The Kier molecular flexibility index (Phi) is 7.65. The van der Waals surface area contributed by atoms with Crippen LogP contribution >= 0.6 is 11.3 Å². The molecule has 5 aromatic rings. The average molecular weight is 560 g/mol. The van der Waals surface area contributed by atoms with E-state index in [9.17, 15) is 13.2 Å². The van der Waals surface area contributed by atoms with Crippen molar-refractivity contribution in [3.63, 3.8) is 0 Å². The molecule has 39 heavy (non-hydrogen) atoms. The van der Waals surface area contributed by atoms with Crippen molar-refractivity contribution in [2.45, 2.75) is 38.8 Å². The maximum atomic E-state index is 13.8. The number of amides is 1. The minimum atomic E-state index is -3.75. The molecule has 3 aromatic carbocycles. The molecule has 2 heterocycles. The van der Waals surface area contributed by atoms with Gasteiger partial charge in [0.25, 0.3) is 5.91 Å². The lowest BCUT2D eigenvalue weighted by Crippen LogP contribution is -2.31. The summed E-state index contributed by atoms with van der Waals surface area (Å²) in [4.78, 5) is 20.3. The number of fused-ring (bicyclic) bond motifs is 1. The molecule has 1 amide bonds. The summed E-state index contributed by atoms with van der Waals surface area (Å²) >= 11 is 1.46. The van der Waals surface area contributed by atoms with E-state index in [1.165, 1.54) is 27.8 Å². The smallest absolute Gasteiger partial charge is 0.260 e. The Balaban J connectivity index is 1.45. The molecule has 0 spiro atoms. The Labute approximate surface area is 232 Å². The number of carbonyl (C=O) groups excluding carboxylic acids is 1. The van der Waals surface area contributed by atoms with Crippen LogP contribution < -0.4 is 4.90 Å². The van der Waals surface area contributed by atoms with Gasteiger partial charge in [-0.3, -0.25) is 9.69 Å². The standard InChI is InChI=1S/C30H29N3O4S2/c1-4-32(19-23-9-6-5-7-10-23)39(35,36)26-16-14-24(15-17-26)29(34)33(20-25-11-8-18-37-25)30-31-27-21(2)12-13-22(3)28(27)38-30/h5-18H,4,19-20H2,1-3H3. The number of hydrogen-bond donors (Lipinski definition) is 0. The van der Waals surface area contributed by atoms with Crippen LogP contribution in [0.4, 0.5) is 5.13 Å². The highest BCUT2D eigenvalue weighted by atomic mass is 32.2. The topological polar surface area (TPSA) is 83.7 Å². The van der Waals surface area contributed by atoms with Gasteiger partial charge >= 0.3 is 0 Å². The highest BCUT2D eigenvalue weighted by molar-refractivity contribution is 7.89. The number of thiazole rings is 1. The Morgan fingerprint density at radius 1 is 0.897 bits per heavy atom. The van der Waals surface area contributed by atoms with E-state index >= 15 is 0 Å². The summed E-state index contributed by atoms with van der Waals surface area (Å²) < 4.78 is 34.8. The predicted octanol–water partition coefficient (Wildman–Crippen LogP) is 6.56. The van der Waals surface area contributed by atoms with Gasteiger partial charge in [-0.25, -0.2) is 13.4 Å². The fourth-order valence-electron chi connectivity index (χ4n) is 4.38. The highest BCUT2D eigenvalue weighted by Gasteiger charge is 2.26. The molecular weight excluding hydrogens is 530 g/mol. The summed E-state index contributed by atoms with van der Waals surface area (Å²) in [6.45, 7) is 6.63. The number of benzene rings is 3. The summed E-state index contributed by atoms with van der Waals surface area (Å²) in [5.74, 6) is 0.330. The van der Waals surface area contributed by atoms with E-state index in [2.05, 4.69) is 6.07 Å². The van der Waals surface area contributed by atoms with Gasteiger partial charge in [-0.2, -0.15) is 4.31 Å². The zero-order valence-electron chi connectivity index (χ0n) is 22.0. The van der Waals surface area contributed by atoms with Gasteiger partial charge in [-0.05, 0) is 66.9 Å². The molecule has 200 valence electrons. The van der Waals surface area contributed by atoms with Gasteiger partial charge in [-0.15, -0.1) is 0 Å². The Morgan fingerprint density at radius 3 is 2.26 bits per heavy atom. The number of aryl methyl sites for hydroxylation is 2. The van der Waals surface area contributed by atoms with Gasteiger partial charge in [-0.1, -0.05) is 60.7 Å². The first kappa shape index (κ1) is 26.8. The van der Waals surface area contributed by atoms with Crippen molar-refractivity contribution < 1.29 is 17.6 Å². The molecule has 0 bridgehead atoms. The summed E-state index contributed by atoms with van der Waals surface area (Å²) in [6.07, 6.45) is 1.57. The van der Waals surface area contributed by atoms with Crippen LogP contribution in [-0.4, -0.2) is 30.2 Å². The van der Waals surface area contributed by atoms with Crippen LogP contribution in [0.1, 0.15) is 39.7 Å². The van der Waals surface area contributed by atoms with E-state index in [0.29, 0.717) is 23.0 Å². The number of sulfonamides is 1. The van der Waals surface area contributed by atoms with Crippen molar-refractivity contribution in [1.29, 1.82) is 0 Å². The van der Waals surface area contributed by atoms with Crippen LogP contribution in [0.2, 0.25) is 0 Å². The second kappa shape index (κ2) is 11.1. The highest BCUT2D eigenvalue weighted by Crippen LogP contribution is 2.34. The van der Waals surface area contributed by atoms with Gasteiger partial charge in [0.1, 0.15) is 5.76 Å². The molecule has 0 N–H and O–H groups in total. The van der Waals surface area contributed by atoms with Crippen molar-refractivity contribution in [2.24, 2.45) is 0 Å². The van der Waals surface area contributed by atoms with E-state index in [-0.39, 0.29) is 23.9 Å². The zero-order chi connectivity index (χ0) is 27.6. The Morgan fingerprint density at radius 2 is 1.62 bits per heavy atom. The largest absolute Gasteiger partial charge is 0.467 e. The van der Waals surface area contributed by atoms with Crippen LogP contribution in [0.5, 0.6) is 0 Å². The normalized spacial score (nSPS) is 11.8. The number of nitrogens with zero attached hydrogens (tertiary/aromatic N) is 3. The lowest BCUT2D eigenvalue weighted by Gasteiger charge is -2.21. The van der Waals surface area contributed by atoms with E-state index < -0.39 is 10.0 Å². The number of anilines is 1. The summed E-state index contributed by atoms with van der Waals surface area (Å²) in [6, 6.07) is 23.2. The van der Waals surface area contributed by atoms with Gasteiger partial charge < -0.3 is 4.42 Å². The summed E-state index contributed by atoms with van der Waals surface area (Å²) in [5, 5.41) is 0.556. The van der Waals surface area contributed by atoms with E-state index in [1.54, 1.807) is 29.4 Å². The van der Waals surface area contributed by atoms with Crippen LogP contribution in [0.15, 0.2) is 94.4 Å². The molecule has 0 aliphatic rings. The first-order valence-corrected chi connectivity index (χ1v) is 14.9. The second-order valence-corrected chi connectivity index (χ2v) is 12.2. The van der Waals surface area contributed by atoms with Gasteiger partial charge in [0.2, 0.25) is 10.0 Å². The molecule has 0 fully saturated rings. The minimum absolute atomic E-state index is 0.139. The van der Waals surface area contributed by atoms with E-state index in [1.807, 2.05) is 63.2 Å². The molecule has 0 atom stereocenters. The van der Waals surface area contributed by atoms with Gasteiger partial charge in [0.05, 0.1) is 27.9 Å². The average Bonchev–Trinajstić information content (AvgIpc) is 3.64. The van der Waals surface area contributed by atoms with Crippen molar-refractivity contribution in [3.8, 4) is 0 Å². The predicted molar refractivity (Wildman–Crippen MR) is 154 cm³/mol. The number of furan rings is 1. The first-order chi connectivity index (χ1) is 18.8. The minimum Gasteiger partial charge on any atom is -0.467 e. The molecule has 7 nitrogen and oxygen atoms in total. The van der Waals surface area contributed by atoms with Gasteiger partial charge in [0.15, 0.2) is 5.13 Å². The van der Waals surface area contributed by atoms with Crippen LogP contribution in [0, 0.1) is 13.8 Å². The third-order valence-electron chi connectivity index (χ3n) is 6.59. The monoisotopic (exact) mass is 559 g/mol. The van der Waals surface area contributed by atoms with Crippen molar-refractivity contribution >= 4 is 42.6 Å². The van der Waals surface area contributed by atoms with E-state index in [4.69, 9.17) is 9.40 Å². The lowest BCUT2D eigenvalue weighted by molar-refractivity contribution is 0.0983. The summed E-state index contributed by atoms with van der Waals surface area (Å²) in [7, 11) is -3.75. The summed E-state index contributed by atoms with van der Waals surface area (Å²) in [5.41, 5.74) is 4.26. The van der Waals surface area contributed by atoms with Crippen LogP contribution in [0.3, 0.4) is 0 Å². The lowest BCUT2D eigenvalue weighted by atomic mass is 10.1. The SMILES string of the molecule is CCN(Cc1ccccc1)S(=O)(=O)c1ccc(C(=O)N(Cc2ccco2)c2nc3c(C)ccc(C)c3s2)cc1. The molecule has 0 radical (unpaired) electrons. The van der Waals surface area contributed by atoms with Crippen molar-refractivity contribution in [1.82, 2.24) is 9.29 Å². The molecule has 5 rings (SSSR count). The fraction of sp³-hybridized carbons (Fsp3) is 0.200. The molecule has 0 saturated carbocycles. The Bertz CT molecular complexity index is 1660. The number of carbonyl (C=O) groups is 1. The molecule has 0 unspecified atom stereocenters. The first-order valence-electron chi connectivity index (χ1n) is 12.6. The van der Waals surface area contributed by atoms with Crippen LogP contribution in [-0.2, 0) is 23.1 Å².